The number of aryl methyl sites for hydroxylation is 1. The van der Waals surface area contributed by atoms with Crippen LogP contribution in [0, 0.1) is 6.92 Å². The third kappa shape index (κ3) is 3.18. The molecule has 6 heteroatoms. The van der Waals surface area contributed by atoms with Gasteiger partial charge in [0.1, 0.15) is 11.5 Å². The molecule has 4 nitrogen and oxygen atoms in total. The second kappa shape index (κ2) is 5.33. The number of carbonyl (C=O) groups is 1. The lowest BCUT2D eigenvalue weighted by Gasteiger charge is -2.06. The number of carbonyl (C=O) groups excluding carboxylic acids is 1. The summed E-state index contributed by atoms with van der Waals surface area (Å²) in [5.41, 5.74) is 0.812. The summed E-state index contributed by atoms with van der Waals surface area (Å²) in [6.45, 7) is 1.72. The Labute approximate surface area is 114 Å². The van der Waals surface area contributed by atoms with Gasteiger partial charge >= 0.3 is 0 Å². The van der Waals surface area contributed by atoms with Crippen molar-refractivity contribution in [1.29, 1.82) is 0 Å². The Bertz CT molecular complexity index is 581. The molecule has 0 aliphatic carbocycles. The van der Waals surface area contributed by atoms with Crippen molar-refractivity contribution < 1.29 is 4.79 Å². The largest absolute Gasteiger partial charge is 0.321 e. The van der Waals surface area contributed by atoms with Gasteiger partial charge in [0.15, 0.2) is 0 Å². The van der Waals surface area contributed by atoms with Gasteiger partial charge in [0.25, 0.3) is 5.91 Å². The van der Waals surface area contributed by atoms with E-state index in [-0.39, 0.29) is 5.91 Å². The maximum atomic E-state index is 11.9. The van der Waals surface area contributed by atoms with E-state index < -0.39 is 0 Å². The van der Waals surface area contributed by atoms with Crippen LogP contribution >= 0.6 is 23.2 Å². The highest BCUT2D eigenvalue weighted by molar-refractivity contribution is 6.35. The van der Waals surface area contributed by atoms with E-state index in [4.69, 9.17) is 23.2 Å². The monoisotopic (exact) mass is 281 g/mol. The van der Waals surface area contributed by atoms with Gasteiger partial charge in [-0.15, -0.1) is 0 Å². The molecule has 0 spiro atoms. The maximum Gasteiger partial charge on any atom is 0.274 e. The van der Waals surface area contributed by atoms with Gasteiger partial charge in [-0.2, -0.15) is 0 Å². The third-order valence-electron chi connectivity index (χ3n) is 2.13. The van der Waals surface area contributed by atoms with Crippen molar-refractivity contribution in [2.45, 2.75) is 6.92 Å². The van der Waals surface area contributed by atoms with Crippen molar-refractivity contribution in [2.24, 2.45) is 0 Å². The molecule has 1 N–H and O–H groups in total. The fourth-order valence-electron chi connectivity index (χ4n) is 1.40. The molecule has 1 amide bonds. The van der Waals surface area contributed by atoms with Crippen LogP contribution in [0.2, 0.25) is 10.0 Å². The number of aromatic nitrogens is 2. The van der Waals surface area contributed by atoms with E-state index in [2.05, 4.69) is 15.3 Å². The molecule has 92 valence electrons. The molecule has 0 saturated heterocycles. The van der Waals surface area contributed by atoms with E-state index in [1.54, 1.807) is 25.1 Å². The number of anilines is 1. The van der Waals surface area contributed by atoms with Gasteiger partial charge in [-0.1, -0.05) is 23.2 Å². The lowest BCUT2D eigenvalue weighted by atomic mass is 10.3. The zero-order chi connectivity index (χ0) is 13.1. The number of halogens is 2. The summed E-state index contributed by atoms with van der Waals surface area (Å²) < 4.78 is 0. The summed E-state index contributed by atoms with van der Waals surface area (Å²) in [5.74, 6) is 0.200. The molecule has 1 heterocycles. The minimum absolute atomic E-state index is 0.290. The summed E-state index contributed by atoms with van der Waals surface area (Å²) in [6, 6.07) is 6.35. The van der Waals surface area contributed by atoms with Gasteiger partial charge in [0.2, 0.25) is 0 Å². The summed E-state index contributed by atoms with van der Waals surface area (Å²) in [4.78, 5) is 19.9. The molecule has 2 aromatic rings. The van der Waals surface area contributed by atoms with E-state index in [9.17, 15) is 4.79 Å². The first-order chi connectivity index (χ1) is 8.54. The van der Waals surface area contributed by atoms with Gasteiger partial charge in [-0.3, -0.25) is 4.79 Å². The van der Waals surface area contributed by atoms with Crippen LogP contribution in [0.4, 0.5) is 5.69 Å². The van der Waals surface area contributed by atoms with Crippen molar-refractivity contribution in [3.63, 3.8) is 0 Å². The van der Waals surface area contributed by atoms with Crippen LogP contribution in [-0.4, -0.2) is 15.9 Å². The predicted molar refractivity (Wildman–Crippen MR) is 71.2 cm³/mol. The van der Waals surface area contributed by atoms with Crippen LogP contribution < -0.4 is 5.32 Å². The van der Waals surface area contributed by atoms with E-state index in [0.29, 0.717) is 27.3 Å². The van der Waals surface area contributed by atoms with Crippen molar-refractivity contribution in [3.05, 3.63) is 52.0 Å². The molecule has 1 aromatic heterocycles. The first-order valence-electron chi connectivity index (χ1n) is 5.12. The van der Waals surface area contributed by atoms with E-state index in [1.807, 2.05) is 0 Å². The van der Waals surface area contributed by atoms with Crippen molar-refractivity contribution in [2.75, 3.05) is 5.32 Å². The molecule has 0 radical (unpaired) electrons. The molecule has 1 aromatic carbocycles. The lowest BCUT2D eigenvalue weighted by molar-refractivity contribution is 0.102. The molecule has 0 saturated carbocycles. The number of rotatable bonds is 2. The molecule has 0 aliphatic rings. The van der Waals surface area contributed by atoms with Gasteiger partial charge < -0.3 is 5.32 Å². The standard InChI is InChI=1S/C12H9Cl2N3O/c1-7-15-3-2-11(16-7)12(18)17-10-5-8(13)4-9(14)6-10/h2-6H,1H3,(H,17,18). The molecule has 18 heavy (non-hydrogen) atoms. The normalized spacial score (nSPS) is 10.2. The number of hydrogen-bond acceptors (Lipinski definition) is 3. The first kappa shape index (κ1) is 12.8. The van der Waals surface area contributed by atoms with E-state index >= 15 is 0 Å². The highest BCUT2D eigenvalue weighted by Gasteiger charge is 2.08. The van der Waals surface area contributed by atoms with Crippen LogP contribution in [-0.2, 0) is 0 Å². The molecule has 0 unspecified atom stereocenters. The van der Waals surface area contributed by atoms with E-state index in [1.165, 1.54) is 12.3 Å². The fourth-order valence-corrected chi connectivity index (χ4v) is 1.93. The summed E-state index contributed by atoms with van der Waals surface area (Å²) in [6.07, 6.45) is 1.53. The van der Waals surface area contributed by atoms with Crippen molar-refractivity contribution >= 4 is 34.8 Å². The van der Waals surface area contributed by atoms with Crippen LogP contribution in [0.25, 0.3) is 0 Å². The van der Waals surface area contributed by atoms with Crippen LogP contribution in [0.3, 0.4) is 0 Å². The lowest BCUT2D eigenvalue weighted by Crippen LogP contribution is -2.14. The second-order valence-corrected chi connectivity index (χ2v) is 4.47. The summed E-state index contributed by atoms with van der Waals surface area (Å²) >= 11 is 11.7. The molecule has 0 fully saturated rings. The average molecular weight is 282 g/mol. The third-order valence-corrected chi connectivity index (χ3v) is 2.57. The smallest absolute Gasteiger partial charge is 0.274 e. The van der Waals surface area contributed by atoms with Gasteiger partial charge in [-0.05, 0) is 31.2 Å². The molecule has 2 rings (SSSR count). The first-order valence-corrected chi connectivity index (χ1v) is 5.87. The second-order valence-electron chi connectivity index (χ2n) is 3.60. The van der Waals surface area contributed by atoms with Gasteiger partial charge in [0, 0.05) is 21.9 Å². The number of nitrogens with one attached hydrogen (secondary N) is 1. The predicted octanol–water partition coefficient (Wildman–Crippen LogP) is 3.34. The number of benzene rings is 1. The molecule has 0 atom stereocenters. The average Bonchev–Trinajstić information content (AvgIpc) is 2.27. The number of nitrogens with zero attached hydrogens (tertiary/aromatic N) is 2. The zero-order valence-electron chi connectivity index (χ0n) is 9.45. The Balaban J connectivity index is 2.21. The quantitative estimate of drug-likeness (QED) is 0.919. The summed E-state index contributed by atoms with van der Waals surface area (Å²) in [5, 5.41) is 3.58. The molecular weight excluding hydrogens is 273 g/mol. The minimum atomic E-state index is -0.334. The van der Waals surface area contributed by atoms with Gasteiger partial charge in [-0.25, -0.2) is 9.97 Å². The Morgan fingerprint density at radius 3 is 2.50 bits per heavy atom. The minimum Gasteiger partial charge on any atom is -0.321 e. The van der Waals surface area contributed by atoms with Crippen molar-refractivity contribution in [3.8, 4) is 0 Å². The molecular formula is C12H9Cl2N3O. The topological polar surface area (TPSA) is 54.9 Å². The SMILES string of the molecule is Cc1nccc(C(=O)Nc2cc(Cl)cc(Cl)c2)n1. The van der Waals surface area contributed by atoms with Crippen LogP contribution in [0.1, 0.15) is 16.3 Å². The maximum absolute atomic E-state index is 11.9. The number of amides is 1. The highest BCUT2D eigenvalue weighted by atomic mass is 35.5. The molecule has 0 bridgehead atoms. The molecule has 0 aliphatic heterocycles. The van der Waals surface area contributed by atoms with Gasteiger partial charge in [0.05, 0.1) is 0 Å². The fraction of sp³-hybridized carbons (Fsp3) is 0.0833. The van der Waals surface area contributed by atoms with Crippen LogP contribution in [0.15, 0.2) is 30.5 Å². The highest BCUT2D eigenvalue weighted by Crippen LogP contribution is 2.22. The zero-order valence-corrected chi connectivity index (χ0v) is 11.0. The van der Waals surface area contributed by atoms with Crippen LogP contribution in [0.5, 0.6) is 0 Å². The Morgan fingerprint density at radius 1 is 1.22 bits per heavy atom. The van der Waals surface area contributed by atoms with E-state index in [0.717, 1.165) is 0 Å². The Hall–Kier alpha value is -1.65. The van der Waals surface area contributed by atoms with Crippen molar-refractivity contribution in [1.82, 2.24) is 9.97 Å². The number of hydrogen-bond donors (Lipinski definition) is 1. The summed E-state index contributed by atoms with van der Waals surface area (Å²) in [7, 11) is 0. The Morgan fingerprint density at radius 2 is 1.89 bits per heavy atom. The Kier molecular flexibility index (Phi) is 3.79.